The first-order valence-electron chi connectivity index (χ1n) is 8.06. The fourth-order valence-corrected chi connectivity index (χ4v) is 2.37. The van der Waals surface area contributed by atoms with E-state index in [-0.39, 0.29) is 24.0 Å². The molecule has 0 aliphatic heterocycles. The Hall–Kier alpha value is -0.900. The lowest BCUT2D eigenvalue weighted by atomic mass is 10.2. The number of rotatable bonds is 8. The Morgan fingerprint density at radius 3 is 2.39 bits per heavy atom. The highest BCUT2D eigenvalue weighted by Crippen LogP contribution is 2.03. The van der Waals surface area contributed by atoms with Crippen LogP contribution in [-0.4, -0.2) is 57.3 Å². The molecule has 0 aliphatic rings. The minimum Gasteiger partial charge on any atom is -0.357 e. The lowest BCUT2D eigenvalue weighted by molar-refractivity contribution is 0.178. The molecule has 0 bridgehead atoms. The van der Waals surface area contributed by atoms with Gasteiger partial charge in [0.1, 0.15) is 18.7 Å². The molecular formula is C15H32IN7. The van der Waals surface area contributed by atoms with Crippen molar-refractivity contribution in [3.8, 4) is 0 Å². The highest BCUT2D eigenvalue weighted by Gasteiger charge is 2.12. The van der Waals surface area contributed by atoms with Crippen molar-refractivity contribution in [2.75, 3.05) is 19.6 Å². The first-order chi connectivity index (χ1) is 10.5. The van der Waals surface area contributed by atoms with E-state index in [1.807, 2.05) is 7.05 Å². The van der Waals surface area contributed by atoms with Gasteiger partial charge >= 0.3 is 0 Å². The van der Waals surface area contributed by atoms with Crippen molar-refractivity contribution in [3.63, 3.8) is 0 Å². The summed E-state index contributed by atoms with van der Waals surface area (Å²) in [4.78, 5) is 11.2. The largest absolute Gasteiger partial charge is 0.357 e. The van der Waals surface area contributed by atoms with Gasteiger partial charge in [-0.25, -0.2) is 9.98 Å². The third-order valence-corrected chi connectivity index (χ3v) is 3.52. The van der Waals surface area contributed by atoms with Crippen molar-refractivity contribution in [1.29, 1.82) is 0 Å². The molecule has 0 fully saturated rings. The zero-order chi connectivity index (χ0) is 16.5. The van der Waals surface area contributed by atoms with Gasteiger partial charge in [-0.2, -0.15) is 5.10 Å². The normalized spacial score (nSPS) is 12.0. The van der Waals surface area contributed by atoms with E-state index in [2.05, 4.69) is 65.2 Å². The third kappa shape index (κ3) is 7.96. The van der Waals surface area contributed by atoms with E-state index in [0.29, 0.717) is 18.6 Å². The van der Waals surface area contributed by atoms with Crippen LogP contribution in [0.5, 0.6) is 0 Å². The summed E-state index contributed by atoms with van der Waals surface area (Å²) in [6.45, 7) is 14.2. The van der Waals surface area contributed by atoms with Crippen LogP contribution in [0.2, 0.25) is 0 Å². The van der Waals surface area contributed by atoms with E-state index in [1.165, 1.54) is 0 Å². The molecule has 0 radical (unpaired) electrons. The Labute approximate surface area is 157 Å². The fourth-order valence-electron chi connectivity index (χ4n) is 2.37. The van der Waals surface area contributed by atoms with Crippen molar-refractivity contribution < 1.29 is 0 Å². The summed E-state index contributed by atoms with van der Waals surface area (Å²) in [5.74, 6) is 1.67. The van der Waals surface area contributed by atoms with Crippen LogP contribution in [0.3, 0.4) is 0 Å². The second-order valence-corrected chi connectivity index (χ2v) is 5.85. The number of aryl methyl sites for hydroxylation is 1. The van der Waals surface area contributed by atoms with Crippen LogP contribution in [0.1, 0.15) is 40.4 Å². The Kier molecular flexibility index (Phi) is 11.2. The highest BCUT2D eigenvalue weighted by atomic mass is 127. The smallest absolute Gasteiger partial charge is 0.191 e. The van der Waals surface area contributed by atoms with E-state index in [4.69, 9.17) is 0 Å². The van der Waals surface area contributed by atoms with Crippen LogP contribution >= 0.6 is 24.0 Å². The summed E-state index contributed by atoms with van der Waals surface area (Å²) in [5.41, 5.74) is 0. The van der Waals surface area contributed by atoms with E-state index in [9.17, 15) is 0 Å². The van der Waals surface area contributed by atoms with Gasteiger partial charge in [0.15, 0.2) is 5.96 Å². The molecule has 7 nitrogen and oxygen atoms in total. The SMILES string of the molecule is CCNC(=NCc1ncnn1C)NCCN(C(C)C)C(C)C.I. The topological polar surface area (TPSA) is 70.4 Å². The van der Waals surface area contributed by atoms with Gasteiger partial charge in [0.05, 0.1) is 0 Å². The molecule has 0 spiro atoms. The van der Waals surface area contributed by atoms with Crippen LogP contribution in [0.4, 0.5) is 0 Å². The lowest BCUT2D eigenvalue weighted by Gasteiger charge is -2.30. The quantitative estimate of drug-likeness (QED) is 0.368. The molecule has 1 rings (SSSR count). The summed E-state index contributed by atoms with van der Waals surface area (Å²) in [5, 5.41) is 10.7. The van der Waals surface area contributed by atoms with Crippen molar-refractivity contribution in [3.05, 3.63) is 12.2 Å². The zero-order valence-corrected chi connectivity index (χ0v) is 17.5. The van der Waals surface area contributed by atoms with Crippen LogP contribution in [0, 0.1) is 0 Å². The predicted molar refractivity (Wildman–Crippen MR) is 106 cm³/mol. The van der Waals surface area contributed by atoms with Crippen LogP contribution in [0.15, 0.2) is 11.3 Å². The standard InChI is InChI=1S/C15H31N7.HI/c1-7-16-15(18-10-14-19-11-20-21(14)6)17-8-9-22(12(2)3)13(4)5;/h11-13H,7-10H2,1-6H3,(H2,16,17,18);1H. The summed E-state index contributed by atoms with van der Waals surface area (Å²) in [6, 6.07) is 1.08. The predicted octanol–water partition coefficient (Wildman–Crippen LogP) is 1.61. The molecule has 0 unspecified atom stereocenters. The van der Waals surface area contributed by atoms with E-state index < -0.39 is 0 Å². The second kappa shape index (κ2) is 11.6. The van der Waals surface area contributed by atoms with E-state index in [1.54, 1.807) is 11.0 Å². The number of hydrogen-bond donors (Lipinski definition) is 2. The molecule has 0 amide bonds. The number of hydrogen-bond acceptors (Lipinski definition) is 4. The van der Waals surface area contributed by atoms with Crippen molar-refractivity contribution in [2.24, 2.45) is 12.0 Å². The summed E-state index contributed by atoms with van der Waals surface area (Å²) < 4.78 is 1.74. The number of nitrogens with one attached hydrogen (secondary N) is 2. The number of guanidine groups is 1. The maximum atomic E-state index is 4.56. The number of aromatic nitrogens is 3. The van der Waals surface area contributed by atoms with Crippen molar-refractivity contribution in [2.45, 2.75) is 53.2 Å². The summed E-state index contributed by atoms with van der Waals surface area (Å²) in [7, 11) is 1.88. The van der Waals surface area contributed by atoms with Crippen LogP contribution < -0.4 is 10.6 Å². The maximum Gasteiger partial charge on any atom is 0.191 e. The molecule has 1 aromatic heterocycles. The van der Waals surface area contributed by atoms with Crippen LogP contribution in [-0.2, 0) is 13.6 Å². The van der Waals surface area contributed by atoms with Gasteiger partial charge < -0.3 is 10.6 Å². The molecule has 0 saturated carbocycles. The Morgan fingerprint density at radius 2 is 1.91 bits per heavy atom. The van der Waals surface area contributed by atoms with Gasteiger partial charge in [0, 0.05) is 38.8 Å². The molecule has 23 heavy (non-hydrogen) atoms. The average Bonchev–Trinajstić information content (AvgIpc) is 2.85. The number of halogens is 1. The maximum absolute atomic E-state index is 4.56. The molecule has 2 N–H and O–H groups in total. The molecule has 0 aliphatic carbocycles. The molecule has 8 heteroatoms. The lowest BCUT2D eigenvalue weighted by Crippen LogP contribution is -2.45. The van der Waals surface area contributed by atoms with E-state index >= 15 is 0 Å². The van der Waals surface area contributed by atoms with Crippen molar-refractivity contribution >= 4 is 29.9 Å². The van der Waals surface area contributed by atoms with Gasteiger partial charge in [0.25, 0.3) is 0 Å². The van der Waals surface area contributed by atoms with E-state index in [0.717, 1.165) is 31.4 Å². The molecular weight excluding hydrogens is 405 g/mol. The molecule has 0 atom stereocenters. The first-order valence-corrected chi connectivity index (χ1v) is 8.06. The Bertz CT molecular complexity index is 448. The Morgan fingerprint density at radius 1 is 1.26 bits per heavy atom. The number of nitrogens with zero attached hydrogens (tertiary/aromatic N) is 5. The minimum atomic E-state index is 0. The third-order valence-electron chi connectivity index (χ3n) is 3.52. The molecule has 1 aromatic rings. The highest BCUT2D eigenvalue weighted by molar-refractivity contribution is 14.0. The van der Waals surface area contributed by atoms with Gasteiger partial charge in [0.2, 0.25) is 0 Å². The zero-order valence-electron chi connectivity index (χ0n) is 15.2. The monoisotopic (exact) mass is 437 g/mol. The molecule has 0 saturated heterocycles. The molecule has 134 valence electrons. The van der Waals surface area contributed by atoms with Crippen LogP contribution in [0.25, 0.3) is 0 Å². The minimum absolute atomic E-state index is 0. The first kappa shape index (κ1) is 22.1. The van der Waals surface area contributed by atoms with Gasteiger partial charge in [-0.05, 0) is 34.6 Å². The summed E-state index contributed by atoms with van der Waals surface area (Å²) >= 11 is 0. The number of aliphatic imine (C=N–C) groups is 1. The Balaban J connectivity index is 0.00000484. The molecule has 0 aromatic carbocycles. The fraction of sp³-hybridized carbons (Fsp3) is 0.800. The summed E-state index contributed by atoms with van der Waals surface area (Å²) in [6.07, 6.45) is 1.55. The average molecular weight is 437 g/mol. The van der Waals surface area contributed by atoms with Gasteiger partial charge in [-0.15, -0.1) is 24.0 Å². The van der Waals surface area contributed by atoms with Crippen molar-refractivity contribution in [1.82, 2.24) is 30.3 Å². The second-order valence-electron chi connectivity index (χ2n) is 5.85. The molecule has 1 heterocycles. The van der Waals surface area contributed by atoms with Gasteiger partial charge in [-0.3, -0.25) is 9.58 Å². The van der Waals surface area contributed by atoms with Gasteiger partial charge in [-0.1, -0.05) is 0 Å².